The van der Waals surface area contributed by atoms with Crippen LogP contribution in [0.3, 0.4) is 0 Å². The Morgan fingerprint density at radius 2 is 1.65 bits per heavy atom. The minimum atomic E-state index is -2.77. The monoisotopic (exact) mass is 262 g/mol. The molecule has 1 aliphatic rings. The predicted octanol–water partition coefficient (Wildman–Crippen LogP) is 0.739. The second-order valence-corrected chi connectivity index (χ2v) is 7.87. The van der Waals surface area contributed by atoms with Gasteiger partial charge in [0.15, 0.2) is 9.84 Å². The van der Waals surface area contributed by atoms with E-state index in [0.29, 0.717) is 42.6 Å². The lowest BCUT2D eigenvalue weighted by atomic mass is 10.0. The maximum Gasteiger partial charge on any atom is 0.152 e. The Morgan fingerprint density at radius 3 is 2.06 bits per heavy atom. The lowest BCUT2D eigenvalue weighted by molar-refractivity contribution is 0.161. The summed E-state index contributed by atoms with van der Waals surface area (Å²) in [7, 11) is -2.77. The van der Waals surface area contributed by atoms with Gasteiger partial charge in [0.25, 0.3) is 0 Å². The Bertz CT molecular complexity index is 311. The van der Waals surface area contributed by atoms with E-state index in [1.165, 1.54) is 0 Å². The molecular weight excluding hydrogens is 236 g/mol. The molecule has 0 aromatic rings. The van der Waals surface area contributed by atoms with Crippen LogP contribution in [-0.4, -0.2) is 56.5 Å². The predicted molar refractivity (Wildman–Crippen MR) is 72.0 cm³/mol. The first-order valence-corrected chi connectivity index (χ1v) is 8.32. The topological polar surface area (TPSA) is 49.4 Å². The van der Waals surface area contributed by atoms with Gasteiger partial charge in [-0.3, -0.25) is 4.90 Å². The van der Waals surface area contributed by atoms with Crippen LogP contribution in [0.25, 0.3) is 0 Å². The van der Waals surface area contributed by atoms with Crippen molar-refractivity contribution >= 4 is 9.84 Å². The molecule has 0 bridgehead atoms. The number of nitrogens with zero attached hydrogens (tertiary/aromatic N) is 1. The molecule has 102 valence electrons. The highest BCUT2D eigenvalue weighted by Gasteiger charge is 2.28. The molecule has 4 nitrogen and oxygen atoms in total. The smallest absolute Gasteiger partial charge is 0.152 e. The van der Waals surface area contributed by atoms with E-state index in [1.807, 2.05) is 0 Å². The molecule has 1 aliphatic heterocycles. The van der Waals surface area contributed by atoms with E-state index >= 15 is 0 Å². The van der Waals surface area contributed by atoms with Gasteiger partial charge in [0.05, 0.1) is 11.5 Å². The number of nitrogens with one attached hydrogen (secondary N) is 1. The van der Waals surface area contributed by atoms with Crippen LogP contribution in [0.5, 0.6) is 0 Å². The fourth-order valence-corrected chi connectivity index (χ4v) is 3.43. The minimum Gasteiger partial charge on any atom is -0.313 e. The molecule has 1 saturated heterocycles. The van der Waals surface area contributed by atoms with Crippen molar-refractivity contribution in [3.05, 3.63) is 0 Å². The van der Waals surface area contributed by atoms with Crippen molar-refractivity contribution in [2.45, 2.75) is 39.8 Å². The summed E-state index contributed by atoms with van der Waals surface area (Å²) < 4.78 is 22.8. The highest BCUT2D eigenvalue weighted by Crippen LogP contribution is 2.14. The first-order chi connectivity index (χ1) is 7.82. The van der Waals surface area contributed by atoms with E-state index in [-0.39, 0.29) is 0 Å². The molecule has 17 heavy (non-hydrogen) atoms. The quantitative estimate of drug-likeness (QED) is 0.794. The van der Waals surface area contributed by atoms with E-state index in [9.17, 15) is 8.42 Å². The largest absolute Gasteiger partial charge is 0.313 e. The average molecular weight is 262 g/mol. The van der Waals surface area contributed by atoms with Crippen molar-refractivity contribution < 1.29 is 8.42 Å². The maximum atomic E-state index is 11.4. The van der Waals surface area contributed by atoms with Crippen LogP contribution >= 0.6 is 0 Å². The third-order valence-electron chi connectivity index (χ3n) is 3.35. The maximum absolute atomic E-state index is 11.4. The van der Waals surface area contributed by atoms with E-state index in [1.54, 1.807) is 0 Å². The molecule has 1 fully saturated rings. The van der Waals surface area contributed by atoms with Crippen LogP contribution in [0, 0.1) is 5.92 Å². The van der Waals surface area contributed by atoms with Crippen LogP contribution in [0.15, 0.2) is 0 Å². The zero-order valence-electron chi connectivity index (χ0n) is 11.4. The molecule has 1 atom stereocenters. The van der Waals surface area contributed by atoms with Gasteiger partial charge in [-0.25, -0.2) is 8.42 Å². The molecule has 0 amide bonds. The zero-order valence-corrected chi connectivity index (χ0v) is 12.3. The highest BCUT2D eigenvalue weighted by atomic mass is 32.2. The second kappa shape index (κ2) is 6.16. The van der Waals surface area contributed by atoms with Gasteiger partial charge in [-0.15, -0.1) is 0 Å². The summed E-state index contributed by atoms with van der Waals surface area (Å²) in [6.07, 6.45) is 0. The summed E-state index contributed by atoms with van der Waals surface area (Å²) in [6, 6.07) is 0.915. The van der Waals surface area contributed by atoms with Gasteiger partial charge in [-0.05, 0) is 5.92 Å². The third kappa shape index (κ3) is 4.94. The van der Waals surface area contributed by atoms with Crippen molar-refractivity contribution in [1.82, 2.24) is 10.2 Å². The molecule has 0 aromatic carbocycles. The molecule has 1 unspecified atom stereocenters. The van der Waals surface area contributed by atoms with Crippen LogP contribution in [-0.2, 0) is 9.84 Å². The van der Waals surface area contributed by atoms with E-state index < -0.39 is 9.84 Å². The summed E-state index contributed by atoms with van der Waals surface area (Å²) >= 11 is 0. The SMILES string of the molecule is CC(C)NCC(C(C)C)N1CCS(=O)(=O)CC1. The Balaban J connectivity index is 2.54. The minimum absolute atomic E-state index is 0.317. The van der Waals surface area contributed by atoms with Crippen molar-refractivity contribution in [3.63, 3.8) is 0 Å². The molecule has 1 rings (SSSR count). The molecule has 0 spiro atoms. The van der Waals surface area contributed by atoms with Crippen molar-refractivity contribution in [2.75, 3.05) is 31.1 Å². The van der Waals surface area contributed by atoms with E-state index in [4.69, 9.17) is 0 Å². The molecule has 0 radical (unpaired) electrons. The zero-order chi connectivity index (χ0) is 13.1. The van der Waals surface area contributed by atoms with Crippen LogP contribution in [0.2, 0.25) is 0 Å². The molecule has 0 aromatic heterocycles. The van der Waals surface area contributed by atoms with E-state index in [0.717, 1.165) is 6.54 Å². The Labute approximate surface area is 106 Å². The van der Waals surface area contributed by atoms with Crippen LogP contribution < -0.4 is 5.32 Å². The van der Waals surface area contributed by atoms with Gasteiger partial charge in [0.1, 0.15) is 0 Å². The van der Waals surface area contributed by atoms with E-state index in [2.05, 4.69) is 37.9 Å². The Morgan fingerprint density at radius 1 is 1.12 bits per heavy atom. The van der Waals surface area contributed by atoms with Gasteiger partial charge in [-0.2, -0.15) is 0 Å². The highest BCUT2D eigenvalue weighted by molar-refractivity contribution is 7.91. The third-order valence-corrected chi connectivity index (χ3v) is 4.96. The standard InChI is InChI=1S/C12H26N2O2S/c1-10(2)12(9-13-11(3)4)14-5-7-17(15,16)8-6-14/h10-13H,5-9H2,1-4H3. The normalized spacial score (nSPS) is 23.2. The lowest BCUT2D eigenvalue weighted by Gasteiger charge is -2.37. The van der Waals surface area contributed by atoms with Gasteiger partial charge >= 0.3 is 0 Å². The summed E-state index contributed by atoms with van der Waals surface area (Å²) in [5.74, 6) is 1.18. The second-order valence-electron chi connectivity index (χ2n) is 5.56. The average Bonchev–Trinajstić information content (AvgIpc) is 2.19. The molecule has 5 heteroatoms. The van der Waals surface area contributed by atoms with Crippen molar-refractivity contribution in [1.29, 1.82) is 0 Å². The van der Waals surface area contributed by atoms with Gasteiger partial charge < -0.3 is 5.32 Å². The summed E-state index contributed by atoms with van der Waals surface area (Å²) in [6.45, 7) is 11.0. The van der Waals surface area contributed by atoms with Crippen molar-refractivity contribution in [3.8, 4) is 0 Å². The van der Waals surface area contributed by atoms with Crippen molar-refractivity contribution in [2.24, 2.45) is 5.92 Å². The fraction of sp³-hybridized carbons (Fsp3) is 1.00. The Kier molecular flexibility index (Phi) is 5.41. The van der Waals surface area contributed by atoms with Crippen LogP contribution in [0.4, 0.5) is 0 Å². The summed E-state index contributed by atoms with van der Waals surface area (Å²) in [4.78, 5) is 2.32. The molecular formula is C12H26N2O2S. The first kappa shape index (κ1) is 14.9. The number of rotatable bonds is 5. The van der Waals surface area contributed by atoms with Crippen LogP contribution in [0.1, 0.15) is 27.7 Å². The molecule has 0 saturated carbocycles. The number of hydrogen-bond acceptors (Lipinski definition) is 4. The summed E-state index contributed by atoms with van der Waals surface area (Å²) in [5, 5.41) is 3.45. The Hall–Kier alpha value is -0.130. The van der Waals surface area contributed by atoms with Gasteiger partial charge in [0.2, 0.25) is 0 Å². The summed E-state index contributed by atoms with van der Waals surface area (Å²) in [5.41, 5.74) is 0. The number of sulfone groups is 1. The molecule has 1 heterocycles. The first-order valence-electron chi connectivity index (χ1n) is 6.49. The number of hydrogen-bond donors (Lipinski definition) is 1. The van der Waals surface area contributed by atoms with Gasteiger partial charge in [-0.1, -0.05) is 27.7 Å². The van der Waals surface area contributed by atoms with Gasteiger partial charge in [0, 0.05) is 31.7 Å². The fourth-order valence-electron chi connectivity index (χ4n) is 2.20. The molecule has 0 aliphatic carbocycles. The molecule has 1 N–H and O–H groups in total. The lowest BCUT2D eigenvalue weighted by Crippen LogP contribution is -2.52.